The molecule has 1 unspecified atom stereocenters. The number of carbonyl (C=O) groups excluding carboxylic acids is 2. The summed E-state index contributed by atoms with van der Waals surface area (Å²) in [7, 11) is 0. The summed E-state index contributed by atoms with van der Waals surface area (Å²) in [5, 5.41) is 12.5. The van der Waals surface area contributed by atoms with Gasteiger partial charge in [0, 0.05) is 43.4 Å². The molecule has 1 aromatic carbocycles. The lowest BCUT2D eigenvalue weighted by atomic mass is 10.1. The molecule has 2 fully saturated rings. The molecule has 0 aromatic heterocycles. The van der Waals surface area contributed by atoms with Gasteiger partial charge in [-0.25, -0.2) is 0 Å². The van der Waals surface area contributed by atoms with Crippen LogP contribution in [0.2, 0.25) is 0 Å². The van der Waals surface area contributed by atoms with Crippen molar-refractivity contribution in [2.45, 2.75) is 6.04 Å². The molecule has 2 aliphatic heterocycles. The van der Waals surface area contributed by atoms with Gasteiger partial charge in [0.15, 0.2) is 0 Å². The van der Waals surface area contributed by atoms with E-state index in [2.05, 4.69) is 5.32 Å². The maximum Gasteiger partial charge on any atom is 0.253 e. The van der Waals surface area contributed by atoms with Crippen molar-refractivity contribution in [1.29, 1.82) is 0 Å². The van der Waals surface area contributed by atoms with E-state index in [-0.39, 0.29) is 36.0 Å². The molecule has 3 rings (SSSR count). The molecule has 0 radical (unpaired) electrons. The number of benzene rings is 1. The molecule has 1 atom stereocenters. The van der Waals surface area contributed by atoms with Gasteiger partial charge in [-0.3, -0.25) is 14.9 Å². The zero-order chi connectivity index (χ0) is 15.5. The van der Waals surface area contributed by atoms with Crippen molar-refractivity contribution < 1.29 is 14.7 Å². The van der Waals surface area contributed by atoms with Crippen molar-refractivity contribution in [3.63, 3.8) is 0 Å². The van der Waals surface area contributed by atoms with E-state index in [1.807, 2.05) is 4.90 Å². The second-order valence-electron chi connectivity index (χ2n) is 5.44. The fourth-order valence-corrected chi connectivity index (χ4v) is 3.62. The molecule has 0 bridgehead atoms. The molecule has 2 N–H and O–H groups in total. The van der Waals surface area contributed by atoms with Gasteiger partial charge in [0.2, 0.25) is 5.91 Å². The number of phenolic OH excluding ortho intramolecular Hbond substituents is 1. The first kappa shape index (κ1) is 17.9. The Morgan fingerprint density at radius 1 is 1.09 bits per heavy atom. The Labute approximate surface area is 145 Å². The monoisotopic (exact) mass is 357 g/mol. The number of aromatic hydroxyl groups is 1. The molecule has 8 heteroatoms. The number of nitrogens with zero attached hydrogens (tertiary/aromatic N) is 2. The summed E-state index contributed by atoms with van der Waals surface area (Å²) in [5.74, 6) is 1.89. The highest BCUT2D eigenvalue weighted by Gasteiger charge is 2.30. The van der Waals surface area contributed by atoms with Gasteiger partial charge in [0.25, 0.3) is 5.91 Å². The molecule has 0 saturated carbocycles. The molecule has 0 aliphatic carbocycles. The number of carbonyl (C=O) groups is 2. The average Bonchev–Trinajstić information content (AvgIpc) is 3.09. The Balaban J connectivity index is 0.00000192. The summed E-state index contributed by atoms with van der Waals surface area (Å²) in [4.78, 5) is 28.3. The standard InChI is InChI=1S/C15H19N3O3S.ClH/c19-12-3-1-11(2-4-12)14(20)17-5-7-18(8-6-17)15(21)13-9-22-10-16-13;/h1-4,13,16,19H,5-10H2;1H. The third-order valence-corrected chi connectivity index (χ3v) is 4.95. The summed E-state index contributed by atoms with van der Waals surface area (Å²) >= 11 is 1.73. The minimum Gasteiger partial charge on any atom is -0.508 e. The first-order valence-corrected chi connectivity index (χ1v) is 8.49. The number of hydrogen-bond acceptors (Lipinski definition) is 5. The third kappa shape index (κ3) is 4.10. The highest BCUT2D eigenvalue weighted by Crippen LogP contribution is 2.16. The second kappa shape index (κ2) is 7.90. The average molecular weight is 358 g/mol. The predicted molar refractivity (Wildman–Crippen MR) is 92.1 cm³/mol. The van der Waals surface area contributed by atoms with Crippen molar-refractivity contribution >= 4 is 36.0 Å². The number of halogens is 1. The smallest absolute Gasteiger partial charge is 0.253 e. The quantitative estimate of drug-likeness (QED) is 0.817. The Morgan fingerprint density at radius 2 is 1.70 bits per heavy atom. The maximum atomic E-state index is 12.4. The Morgan fingerprint density at radius 3 is 2.26 bits per heavy atom. The molecule has 0 spiro atoms. The molecule has 2 amide bonds. The van der Waals surface area contributed by atoms with Gasteiger partial charge in [-0.15, -0.1) is 24.2 Å². The SMILES string of the molecule is Cl.O=C(c1ccc(O)cc1)N1CCN(C(=O)C2CSCN2)CC1. The van der Waals surface area contributed by atoms with Gasteiger partial charge in [-0.05, 0) is 24.3 Å². The van der Waals surface area contributed by atoms with Crippen LogP contribution in [-0.4, -0.2) is 70.6 Å². The molecular weight excluding hydrogens is 338 g/mol. The van der Waals surface area contributed by atoms with Crippen molar-refractivity contribution in [2.75, 3.05) is 37.8 Å². The first-order chi connectivity index (χ1) is 10.6. The van der Waals surface area contributed by atoms with E-state index in [1.54, 1.807) is 28.8 Å². The van der Waals surface area contributed by atoms with E-state index in [4.69, 9.17) is 0 Å². The van der Waals surface area contributed by atoms with Crippen LogP contribution in [0.4, 0.5) is 0 Å². The van der Waals surface area contributed by atoms with E-state index < -0.39 is 0 Å². The van der Waals surface area contributed by atoms with Gasteiger partial charge in [-0.2, -0.15) is 0 Å². The van der Waals surface area contributed by atoms with Crippen LogP contribution in [0, 0.1) is 0 Å². The van der Waals surface area contributed by atoms with Crippen molar-refractivity contribution in [3.8, 4) is 5.75 Å². The number of nitrogens with one attached hydrogen (secondary N) is 1. The molecule has 2 aliphatic rings. The van der Waals surface area contributed by atoms with Crippen molar-refractivity contribution in [1.82, 2.24) is 15.1 Å². The highest BCUT2D eigenvalue weighted by molar-refractivity contribution is 7.99. The van der Waals surface area contributed by atoms with Gasteiger partial charge in [0.05, 0.1) is 6.04 Å². The zero-order valence-corrected chi connectivity index (χ0v) is 14.2. The number of rotatable bonds is 2. The second-order valence-corrected chi connectivity index (χ2v) is 6.47. The number of amides is 2. The Bertz CT molecular complexity index is 556. The summed E-state index contributed by atoms with van der Waals surface area (Å²) in [6.45, 7) is 2.24. The lowest BCUT2D eigenvalue weighted by Gasteiger charge is -2.35. The van der Waals surface area contributed by atoms with E-state index in [9.17, 15) is 14.7 Å². The number of phenols is 1. The maximum absolute atomic E-state index is 12.4. The minimum absolute atomic E-state index is 0. The third-order valence-electron chi connectivity index (χ3n) is 4.01. The zero-order valence-electron chi connectivity index (χ0n) is 12.6. The van der Waals surface area contributed by atoms with Crippen LogP contribution >= 0.6 is 24.2 Å². The molecule has 23 heavy (non-hydrogen) atoms. The van der Waals surface area contributed by atoms with Crippen LogP contribution in [0.1, 0.15) is 10.4 Å². The van der Waals surface area contributed by atoms with Crippen molar-refractivity contribution in [3.05, 3.63) is 29.8 Å². The van der Waals surface area contributed by atoms with E-state index >= 15 is 0 Å². The van der Waals surface area contributed by atoms with Gasteiger partial charge < -0.3 is 14.9 Å². The normalized spacial score (nSPS) is 21.0. The minimum atomic E-state index is -0.0793. The van der Waals surface area contributed by atoms with E-state index in [0.717, 1.165) is 11.6 Å². The van der Waals surface area contributed by atoms with Crippen LogP contribution in [-0.2, 0) is 4.79 Å². The molecule has 126 valence electrons. The molecule has 1 aromatic rings. The number of piperazine rings is 1. The summed E-state index contributed by atoms with van der Waals surface area (Å²) in [6, 6.07) is 6.18. The fourth-order valence-electron chi connectivity index (χ4n) is 2.69. The largest absolute Gasteiger partial charge is 0.508 e. The lowest BCUT2D eigenvalue weighted by molar-refractivity contribution is -0.134. The highest BCUT2D eigenvalue weighted by atomic mass is 35.5. The Kier molecular flexibility index (Phi) is 6.15. The predicted octanol–water partition coefficient (Wildman–Crippen LogP) is 0.761. The van der Waals surface area contributed by atoms with E-state index in [0.29, 0.717) is 31.7 Å². The van der Waals surface area contributed by atoms with E-state index in [1.165, 1.54) is 12.1 Å². The summed E-state index contributed by atoms with van der Waals surface area (Å²) in [5.41, 5.74) is 0.562. The van der Waals surface area contributed by atoms with Crippen LogP contribution in [0.3, 0.4) is 0 Å². The molecular formula is C15H20ClN3O3S. The molecule has 6 nitrogen and oxygen atoms in total. The van der Waals surface area contributed by atoms with Crippen LogP contribution in [0.15, 0.2) is 24.3 Å². The number of thioether (sulfide) groups is 1. The lowest BCUT2D eigenvalue weighted by Crippen LogP contribution is -2.54. The summed E-state index contributed by atoms with van der Waals surface area (Å²) in [6.07, 6.45) is 0. The van der Waals surface area contributed by atoms with Crippen LogP contribution < -0.4 is 5.32 Å². The Hall–Kier alpha value is -1.44. The van der Waals surface area contributed by atoms with Crippen LogP contribution in [0.5, 0.6) is 5.75 Å². The number of hydrogen-bond donors (Lipinski definition) is 2. The molecule has 2 saturated heterocycles. The summed E-state index contributed by atoms with van der Waals surface area (Å²) < 4.78 is 0. The van der Waals surface area contributed by atoms with Crippen molar-refractivity contribution in [2.24, 2.45) is 0 Å². The molecule has 2 heterocycles. The van der Waals surface area contributed by atoms with Gasteiger partial charge >= 0.3 is 0 Å². The first-order valence-electron chi connectivity index (χ1n) is 7.33. The fraction of sp³-hybridized carbons (Fsp3) is 0.467. The topological polar surface area (TPSA) is 72.9 Å². The van der Waals surface area contributed by atoms with Gasteiger partial charge in [-0.1, -0.05) is 0 Å². The van der Waals surface area contributed by atoms with Gasteiger partial charge in [0.1, 0.15) is 5.75 Å². The van der Waals surface area contributed by atoms with Crippen LogP contribution in [0.25, 0.3) is 0 Å².